The van der Waals surface area contributed by atoms with Crippen LogP contribution in [0.25, 0.3) is 0 Å². The second-order valence-corrected chi connectivity index (χ2v) is 5.44. The molecule has 0 aromatic carbocycles. The lowest BCUT2D eigenvalue weighted by atomic mass is 9.93. The summed E-state index contributed by atoms with van der Waals surface area (Å²) in [6.07, 6.45) is 2.30. The van der Waals surface area contributed by atoms with Crippen LogP contribution in [0.1, 0.15) is 33.6 Å². The van der Waals surface area contributed by atoms with Crippen molar-refractivity contribution in [3.05, 3.63) is 0 Å². The number of piperidine rings is 1. The standard InChI is InChI=1S/C12H26N2O/c1-10-5-7-14(9-11(10)13)8-6-12(2,3)15-4/h10-11H,5-9,13H2,1-4H3. The van der Waals surface area contributed by atoms with E-state index in [1.807, 2.05) is 0 Å². The number of nitrogens with two attached hydrogens (primary N) is 1. The highest BCUT2D eigenvalue weighted by Crippen LogP contribution is 2.18. The second kappa shape index (κ2) is 5.28. The first-order valence-corrected chi connectivity index (χ1v) is 5.98. The van der Waals surface area contributed by atoms with Gasteiger partial charge in [0, 0.05) is 26.2 Å². The normalized spacial score (nSPS) is 29.4. The zero-order chi connectivity index (χ0) is 11.5. The van der Waals surface area contributed by atoms with Crippen molar-refractivity contribution < 1.29 is 4.74 Å². The van der Waals surface area contributed by atoms with Gasteiger partial charge < -0.3 is 15.4 Å². The maximum absolute atomic E-state index is 6.07. The van der Waals surface area contributed by atoms with Gasteiger partial charge in [-0.2, -0.15) is 0 Å². The van der Waals surface area contributed by atoms with Crippen molar-refractivity contribution >= 4 is 0 Å². The Morgan fingerprint density at radius 1 is 1.47 bits per heavy atom. The lowest BCUT2D eigenvalue weighted by molar-refractivity contribution is 0.00421. The minimum absolute atomic E-state index is 0.00679. The highest BCUT2D eigenvalue weighted by molar-refractivity contribution is 4.81. The van der Waals surface area contributed by atoms with E-state index in [2.05, 4.69) is 25.7 Å². The molecule has 2 unspecified atom stereocenters. The van der Waals surface area contributed by atoms with Gasteiger partial charge in [-0.05, 0) is 39.2 Å². The molecule has 0 aromatic heterocycles. The summed E-state index contributed by atoms with van der Waals surface area (Å²) in [7, 11) is 1.78. The van der Waals surface area contributed by atoms with E-state index in [0.717, 1.165) is 19.5 Å². The first kappa shape index (κ1) is 12.9. The highest BCUT2D eigenvalue weighted by atomic mass is 16.5. The minimum Gasteiger partial charge on any atom is -0.379 e. The van der Waals surface area contributed by atoms with Gasteiger partial charge in [-0.25, -0.2) is 0 Å². The SMILES string of the molecule is COC(C)(C)CCN1CCC(C)C(N)C1. The third-order valence-corrected chi connectivity index (χ3v) is 3.68. The molecule has 0 aliphatic carbocycles. The van der Waals surface area contributed by atoms with Gasteiger partial charge in [-0.15, -0.1) is 0 Å². The fourth-order valence-electron chi connectivity index (χ4n) is 1.90. The zero-order valence-electron chi connectivity index (χ0n) is 10.6. The predicted molar refractivity (Wildman–Crippen MR) is 63.9 cm³/mol. The number of nitrogens with zero attached hydrogens (tertiary/aromatic N) is 1. The lowest BCUT2D eigenvalue weighted by Crippen LogP contribution is -2.48. The number of rotatable bonds is 4. The summed E-state index contributed by atoms with van der Waals surface area (Å²) in [6, 6.07) is 0.351. The highest BCUT2D eigenvalue weighted by Gasteiger charge is 2.24. The molecule has 0 radical (unpaired) electrons. The summed E-state index contributed by atoms with van der Waals surface area (Å²) >= 11 is 0. The number of hydrogen-bond donors (Lipinski definition) is 1. The monoisotopic (exact) mass is 214 g/mol. The topological polar surface area (TPSA) is 38.5 Å². The van der Waals surface area contributed by atoms with Crippen LogP contribution in [-0.4, -0.2) is 43.3 Å². The maximum Gasteiger partial charge on any atom is 0.0634 e. The van der Waals surface area contributed by atoms with E-state index < -0.39 is 0 Å². The van der Waals surface area contributed by atoms with Gasteiger partial charge in [-0.1, -0.05) is 6.92 Å². The fraction of sp³-hybridized carbons (Fsp3) is 1.00. The van der Waals surface area contributed by atoms with Gasteiger partial charge in [-0.3, -0.25) is 0 Å². The van der Waals surface area contributed by atoms with Crippen molar-refractivity contribution in [2.24, 2.45) is 11.7 Å². The van der Waals surface area contributed by atoms with Crippen LogP contribution in [0.15, 0.2) is 0 Å². The number of likely N-dealkylation sites (tertiary alicyclic amines) is 1. The molecule has 1 saturated heterocycles. The first-order chi connectivity index (χ1) is 6.94. The predicted octanol–water partition coefficient (Wildman–Crippen LogP) is 1.47. The Morgan fingerprint density at radius 2 is 2.13 bits per heavy atom. The van der Waals surface area contributed by atoms with Gasteiger partial charge in [0.1, 0.15) is 0 Å². The molecule has 0 aromatic rings. The van der Waals surface area contributed by atoms with Crippen molar-refractivity contribution in [1.82, 2.24) is 4.90 Å². The van der Waals surface area contributed by atoms with Gasteiger partial charge >= 0.3 is 0 Å². The van der Waals surface area contributed by atoms with Crippen LogP contribution in [0, 0.1) is 5.92 Å². The largest absolute Gasteiger partial charge is 0.379 e. The Labute approximate surface area is 94.0 Å². The van der Waals surface area contributed by atoms with E-state index in [1.165, 1.54) is 13.0 Å². The summed E-state index contributed by atoms with van der Waals surface area (Å²) in [5, 5.41) is 0. The third kappa shape index (κ3) is 4.09. The molecule has 2 N–H and O–H groups in total. The van der Waals surface area contributed by atoms with Gasteiger partial charge in [0.2, 0.25) is 0 Å². The Hall–Kier alpha value is -0.120. The molecule has 3 heteroatoms. The molecular formula is C12H26N2O. The molecule has 0 bridgehead atoms. The molecule has 2 atom stereocenters. The molecule has 1 heterocycles. The van der Waals surface area contributed by atoms with E-state index in [9.17, 15) is 0 Å². The van der Waals surface area contributed by atoms with Crippen LogP contribution in [0.3, 0.4) is 0 Å². The summed E-state index contributed by atoms with van der Waals surface area (Å²) < 4.78 is 5.42. The Kier molecular flexibility index (Phi) is 4.56. The summed E-state index contributed by atoms with van der Waals surface area (Å²) in [5.41, 5.74) is 6.06. The molecule has 0 amide bonds. The molecular weight excluding hydrogens is 188 g/mol. The van der Waals surface area contributed by atoms with Crippen LogP contribution in [-0.2, 0) is 4.74 Å². The van der Waals surface area contributed by atoms with Crippen molar-refractivity contribution in [2.75, 3.05) is 26.7 Å². The number of hydrogen-bond acceptors (Lipinski definition) is 3. The number of ether oxygens (including phenoxy) is 1. The first-order valence-electron chi connectivity index (χ1n) is 5.98. The van der Waals surface area contributed by atoms with E-state index in [1.54, 1.807) is 7.11 Å². The molecule has 90 valence electrons. The molecule has 1 fully saturated rings. The molecule has 1 rings (SSSR count). The van der Waals surface area contributed by atoms with Crippen molar-refractivity contribution in [1.29, 1.82) is 0 Å². The summed E-state index contributed by atoms with van der Waals surface area (Å²) in [5.74, 6) is 0.677. The lowest BCUT2D eigenvalue weighted by Gasteiger charge is -2.36. The van der Waals surface area contributed by atoms with Gasteiger partial charge in [0.05, 0.1) is 5.60 Å². The van der Waals surface area contributed by atoms with Crippen molar-refractivity contribution in [3.8, 4) is 0 Å². The van der Waals surface area contributed by atoms with Crippen LogP contribution < -0.4 is 5.73 Å². The Balaban J connectivity index is 2.28. The van der Waals surface area contributed by atoms with E-state index in [4.69, 9.17) is 10.5 Å². The van der Waals surface area contributed by atoms with Crippen LogP contribution in [0.4, 0.5) is 0 Å². The molecule has 0 saturated carbocycles. The average molecular weight is 214 g/mol. The molecule has 0 spiro atoms. The van der Waals surface area contributed by atoms with E-state index in [-0.39, 0.29) is 5.60 Å². The molecule has 1 aliphatic heterocycles. The third-order valence-electron chi connectivity index (χ3n) is 3.68. The smallest absolute Gasteiger partial charge is 0.0634 e. The fourth-order valence-corrected chi connectivity index (χ4v) is 1.90. The van der Waals surface area contributed by atoms with E-state index in [0.29, 0.717) is 12.0 Å². The molecule has 1 aliphatic rings. The maximum atomic E-state index is 6.07. The average Bonchev–Trinajstić information content (AvgIpc) is 2.20. The van der Waals surface area contributed by atoms with Crippen molar-refractivity contribution in [3.63, 3.8) is 0 Å². The zero-order valence-corrected chi connectivity index (χ0v) is 10.6. The van der Waals surface area contributed by atoms with Crippen LogP contribution >= 0.6 is 0 Å². The number of methoxy groups -OCH3 is 1. The summed E-state index contributed by atoms with van der Waals surface area (Å²) in [6.45, 7) is 9.86. The molecule has 3 nitrogen and oxygen atoms in total. The quantitative estimate of drug-likeness (QED) is 0.770. The van der Waals surface area contributed by atoms with E-state index >= 15 is 0 Å². The molecule has 15 heavy (non-hydrogen) atoms. The second-order valence-electron chi connectivity index (χ2n) is 5.44. The van der Waals surface area contributed by atoms with Crippen LogP contribution in [0.2, 0.25) is 0 Å². The van der Waals surface area contributed by atoms with Crippen molar-refractivity contribution in [2.45, 2.75) is 45.3 Å². The van der Waals surface area contributed by atoms with Crippen LogP contribution in [0.5, 0.6) is 0 Å². The van der Waals surface area contributed by atoms with Gasteiger partial charge in [0.15, 0.2) is 0 Å². The summed E-state index contributed by atoms with van der Waals surface area (Å²) in [4.78, 5) is 2.46. The minimum atomic E-state index is -0.00679. The Morgan fingerprint density at radius 3 is 2.67 bits per heavy atom. The Bertz CT molecular complexity index is 194. The van der Waals surface area contributed by atoms with Gasteiger partial charge in [0.25, 0.3) is 0 Å².